The Morgan fingerprint density at radius 2 is 1.96 bits per heavy atom. The fraction of sp³-hybridized carbons (Fsp3) is 0.400. The molecule has 0 atom stereocenters. The Hall–Kier alpha value is -2.12. The molecule has 3 heterocycles. The van der Waals surface area contributed by atoms with Gasteiger partial charge in [-0.3, -0.25) is 4.79 Å². The first-order valence-corrected chi connectivity index (χ1v) is 10.8. The predicted molar refractivity (Wildman–Crippen MR) is 109 cm³/mol. The molecule has 1 saturated carbocycles. The number of thioether (sulfide) groups is 1. The van der Waals surface area contributed by atoms with Crippen molar-refractivity contribution in [1.29, 1.82) is 0 Å². The van der Waals surface area contributed by atoms with Gasteiger partial charge in [-0.05, 0) is 56.0 Å². The highest BCUT2D eigenvalue weighted by Crippen LogP contribution is 2.39. The second-order valence-corrected chi connectivity index (χ2v) is 9.02. The maximum Gasteiger partial charge on any atom is 0.298 e. The highest BCUT2D eigenvalue weighted by molar-refractivity contribution is 8.00. The number of hydrogen-bond acceptors (Lipinski definition) is 6. The molecule has 2 aliphatic rings. The van der Waals surface area contributed by atoms with E-state index >= 15 is 0 Å². The van der Waals surface area contributed by atoms with E-state index in [2.05, 4.69) is 15.2 Å². The average molecular weight is 418 g/mol. The highest BCUT2D eigenvalue weighted by Gasteiger charge is 2.27. The number of furan rings is 1. The number of halogens is 1. The Morgan fingerprint density at radius 1 is 1.14 bits per heavy atom. The van der Waals surface area contributed by atoms with Gasteiger partial charge in [0, 0.05) is 29.4 Å². The number of oxazole rings is 1. The third-order valence-corrected chi connectivity index (χ3v) is 6.54. The zero-order valence-corrected chi connectivity index (χ0v) is 16.8. The van der Waals surface area contributed by atoms with Crippen LogP contribution >= 0.6 is 23.4 Å². The Balaban J connectivity index is 1.17. The molecule has 0 bridgehead atoms. The summed E-state index contributed by atoms with van der Waals surface area (Å²) in [5.41, 5.74) is 1.49. The molecule has 8 heteroatoms. The number of piperidine rings is 1. The molecule has 1 N–H and O–H groups in total. The van der Waals surface area contributed by atoms with E-state index in [0.717, 1.165) is 42.1 Å². The molecule has 1 aliphatic heterocycles. The van der Waals surface area contributed by atoms with Crippen molar-refractivity contribution in [3.8, 4) is 0 Å². The number of rotatable bonds is 5. The van der Waals surface area contributed by atoms with Gasteiger partial charge in [-0.25, -0.2) is 0 Å². The molecule has 3 aromatic rings. The van der Waals surface area contributed by atoms with Crippen molar-refractivity contribution in [2.24, 2.45) is 0 Å². The molecule has 1 aliphatic carbocycles. The molecule has 0 unspecified atom stereocenters. The van der Waals surface area contributed by atoms with Crippen molar-refractivity contribution in [2.45, 2.75) is 42.1 Å². The number of hydrogen-bond donors (Lipinski definition) is 1. The van der Waals surface area contributed by atoms with Crippen LogP contribution in [0.3, 0.4) is 0 Å². The molecular formula is C20H20ClN3O3S. The average Bonchev–Trinajstić information content (AvgIpc) is 3.21. The maximum absolute atomic E-state index is 12.5. The molecule has 6 nitrogen and oxygen atoms in total. The van der Waals surface area contributed by atoms with Crippen molar-refractivity contribution in [3.05, 3.63) is 41.1 Å². The summed E-state index contributed by atoms with van der Waals surface area (Å²) in [4.78, 5) is 19.1. The third-order valence-electron chi connectivity index (χ3n) is 5.05. The first kappa shape index (κ1) is 17.9. The van der Waals surface area contributed by atoms with Crippen LogP contribution in [-0.2, 0) is 0 Å². The normalized spacial score (nSPS) is 18.0. The highest BCUT2D eigenvalue weighted by atomic mass is 35.5. The van der Waals surface area contributed by atoms with Gasteiger partial charge in [-0.1, -0.05) is 23.4 Å². The fourth-order valence-corrected chi connectivity index (χ4v) is 4.50. The van der Waals surface area contributed by atoms with Crippen molar-refractivity contribution >= 4 is 46.4 Å². The van der Waals surface area contributed by atoms with Gasteiger partial charge < -0.3 is 19.1 Å². The van der Waals surface area contributed by atoms with Crippen molar-refractivity contribution in [3.63, 3.8) is 0 Å². The monoisotopic (exact) mass is 417 g/mol. The van der Waals surface area contributed by atoms with Gasteiger partial charge in [0.15, 0.2) is 16.4 Å². The molecule has 28 heavy (non-hydrogen) atoms. The van der Waals surface area contributed by atoms with Gasteiger partial charge in [-0.2, -0.15) is 4.98 Å². The van der Waals surface area contributed by atoms with E-state index < -0.39 is 0 Å². The van der Waals surface area contributed by atoms with Crippen molar-refractivity contribution in [2.75, 3.05) is 18.0 Å². The SMILES string of the molecule is O=C(NC1CCN(c2nc3cc(Cl)ccc3o2)CC1)c1ccc(SC2CC2)o1. The summed E-state index contributed by atoms with van der Waals surface area (Å²) in [6.07, 6.45) is 4.13. The van der Waals surface area contributed by atoms with Gasteiger partial charge in [0.1, 0.15) is 5.52 Å². The number of nitrogens with zero attached hydrogens (tertiary/aromatic N) is 2. The van der Waals surface area contributed by atoms with E-state index in [9.17, 15) is 4.79 Å². The van der Waals surface area contributed by atoms with Crippen LogP contribution in [0.2, 0.25) is 5.02 Å². The summed E-state index contributed by atoms with van der Waals surface area (Å²) in [6.45, 7) is 1.54. The van der Waals surface area contributed by atoms with Crippen LogP contribution in [-0.4, -0.2) is 35.3 Å². The van der Waals surface area contributed by atoms with Crippen LogP contribution in [0, 0.1) is 0 Å². The fourth-order valence-electron chi connectivity index (χ4n) is 3.35. The summed E-state index contributed by atoms with van der Waals surface area (Å²) in [5, 5.41) is 5.22. The lowest BCUT2D eigenvalue weighted by Crippen LogP contribution is -2.44. The molecule has 2 aromatic heterocycles. The minimum absolute atomic E-state index is 0.118. The molecule has 1 amide bonds. The molecule has 5 rings (SSSR count). The smallest absolute Gasteiger partial charge is 0.298 e. The summed E-state index contributed by atoms with van der Waals surface area (Å²) in [6, 6.07) is 9.81. The van der Waals surface area contributed by atoms with E-state index in [1.165, 1.54) is 12.8 Å². The number of amides is 1. The van der Waals surface area contributed by atoms with Gasteiger partial charge in [0.2, 0.25) is 0 Å². The van der Waals surface area contributed by atoms with Crippen LogP contribution in [0.15, 0.2) is 44.3 Å². The molecule has 2 fully saturated rings. The number of anilines is 1. The maximum atomic E-state index is 12.5. The molecule has 1 aromatic carbocycles. The van der Waals surface area contributed by atoms with E-state index in [0.29, 0.717) is 22.0 Å². The van der Waals surface area contributed by atoms with Crippen LogP contribution < -0.4 is 10.2 Å². The number of carbonyl (C=O) groups is 1. The second-order valence-electron chi connectivity index (χ2n) is 7.28. The number of benzene rings is 1. The molecule has 1 saturated heterocycles. The molecule has 146 valence electrons. The van der Waals surface area contributed by atoms with Crippen molar-refractivity contribution < 1.29 is 13.6 Å². The predicted octanol–water partition coefficient (Wildman–Crippen LogP) is 4.73. The summed E-state index contributed by atoms with van der Waals surface area (Å²) < 4.78 is 11.5. The number of fused-ring (bicyclic) bond motifs is 1. The van der Waals surface area contributed by atoms with E-state index in [-0.39, 0.29) is 11.9 Å². The minimum Gasteiger partial charge on any atom is -0.445 e. The zero-order valence-electron chi connectivity index (χ0n) is 15.2. The van der Waals surface area contributed by atoms with Gasteiger partial charge in [0.25, 0.3) is 11.9 Å². The standard InChI is InChI=1S/C20H20ClN3O3S/c21-12-1-4-16-15(11-12)23-20(27-16)24-9-7-13(8-10-24)22-19(25)17-5-6-18(26-17)28-14-2-3-14/h1,4-6,11,13-14H,2-3,7-10H2,(H,22,25). The van der Waals surface area contributed by atoms with Gasteiger partial charge in [-0.15, -0.1) is 0 Å². The number of nitrogens with one attached hydrogen (secondary N) is 1. The summed E-state index contributed by atoms with van der Waals surface area (Å²) in [5.74, 6) is 0.249. The largest absolute Gasteiger partial charge is 0.445 e. The number of carbonyl (C=O) groups excluding carboxylic acids is 1. The van der Waals surface area contributed by atoms with E-state index in [1.807, 2.05) is 12.1 Å². The van der Waals surface area contributed by atoms with Crippen molar-refractivity contribution in [1.82, 2.24) is 10.3 Å². The van der Waals surface area contributed by atoms with Gasteiger partial charge >= 0.3 is 0 Å². The van der Waals surface area contributed by atoms with Crippen LogP contribution in [0.1, 0.15) is 36.2 Å². The van der Waals surface area contributed by atoms with Crippen LogP contribution in [0.25, 0.3) is 11.1 Å². The second kappa shape index (κ2) is 7.37. The topological polar surface area (TPSA) is 71.5 Å². The Bertz CT molecular complexity index is 1010. The first-order valence-electron chi connectivity index (χ1n) is 9.52. The lowest BCUT2D eigenvalue weighted by atomic mass is 10.1. The van der Waals surface area contributed by atoms with E-state index in [4.69, 9.17) is 20.4 Å². The first-order chi connectivity index (χ1) is 13.6. The van der Waals surface area contributed by atoms with Crippen LogP contribution in [0.5, 0.6) is 0 Å². The molecule has 0 radical (unpaired) electrons. The molecule has 0 spiro atoms. The zero-order chi connectivity index (χ0) is 19.1. The van der Waals surface area contributed by atoms with Gasteiger partial charge in [0.05, 0.1) is 0 Å². The summed E-state index contributed by atoms with van der Waals surface area (Å²) in [7, 11) is 0. The lowest BCUT2D eigenvalue weighted by molar-refractivity contribution is 0.0897. The van der Waals surface area contributed by atoms with Crippen LogP contribution in [0.4, 0.5) is 6.01 Å². The molecular weight excluding hydrogens is 398 g/mol. The Kier molecular flexibility index (Phi) is 4.72. The Morgan fingerprint density at radius 3 is 2.75 bits per heavy atom. The van der Waals surface area contributed by atoms with E-state index in [1.54, 1.807) is 30.0 Å². The Labute approximate surface area is 171 Å². The lowest BCUT2D eigenvalue weighted by Gasteiger charge is -2.31. The quantitative estimate of drug-likeness (QED) is 0.647. The number of aromatic nitrogens is 1. The summed E-state index contributed by atoms with van der Waals surface area (Å²) >= 11 is 7.73. The minimum atomic E-state index is -0.141. The third kappa shape index (κ3) is 3.86.